The van der Waals surface area contributed by atoms with E-state index >= 15 is 0 Å². The van der Waals surface area contributed by atoms with Crippen molar-refractivity contribution in [2.45, 2.75) is 31.8 Å². The van der Waals surface area contributed by atoms with Crippen LogP contribution in [0.15, 0.2) is 0 Å². The summed E-state index contributed by atoms with van der Waals surface area (Å²) in [6.07, 6.45) is 2.95. The minimum Gasteiger partial charge on any atom is -0.480 e. The molecule has 1 aliphatic rings. The first-order valence-electron chi connectivity index (χ1n) is 4.84. The molecule has 1 aromatic rings. The van der Waals surface area contributed by atoms with Crippen LogP contribution >= 0.6 is 11.6 Å². The van der Waals surface area contributed by atoms with Crippen LogP contribution in [0.25, 0.3) is 0 Å². The molecule has 1 atom stereocenters. The predicted octanol–water partition coefficient (Wildman–Crippen LogP) is 0.957. The van der Waals surface area contributed by atoms with Gasteiger partial charge in [0.15, 0.2) is 0 Å². The Bertz CT molecular complexity index is 402. The first kappa shape index (κ1) is 10.4. The Morgan fingerprint density at radius 1 is 1.60 bits per heavy atom. The van der Waals surface area contributed by atoms with Gasteiger partial charge in [-0.2, -0.15) is 0 Å². The molecule has 2 heterocycles. The fraction of sp³-hybridized carbons (Fsp3) is 0.556. The van der Waals surface area contributed by atoms with Crippen LogP contribution in [0.2, 0.25) is 5.15 Å². The molecule has 0 spiro atoms. The van der Waals surface area contributed by atoms with Crippen molar-refractivity contribution < 1.29 is 9.90 Å². The molecule has 0 radical (unpaired) electrons. The number of aryl methyl sites for hydroxylation is 1. The Labute approximate surface area is 91.9 Å². The van der Waals surface area contributed by atoms with Crippen molar-refractivity contribution in [2.24, 2.45) is 5.73 Å². The topological polar surface area (TPSA) is 81.1 Å². The van der Waals surface area contributed by atoms with E-state index in [0.29, 0.717) is 5.15 Å². The van der Waals surface area contributed by atoms with Crippen molar-refractivity contribution in [3.63, 3.8) is 0 Å². The third kappa shape index (κ3) is 1.72. The number of aliphatic carboxylic acids is 1. The van der Waals surface area contributed by atoms with Crippen LogP contribution in [-0.2, 0) is 17.8 Å². The molecule has 3 N–H and O–H groups in total. The highest BCUT2D eigenvalue weighted by atomic mass is 35.5. The highest BCUT2D eigenvalue weighted by Crippen LogP contribution is 2.26. The number of carbonyl (C=O) groups is 1. The first-order valence-corrected chi connectivity index (χ1v) is 5.22. The lowest BCUT2D eigenvalue weighted by Crippen LogP contribution is -2.21. The van der Waals surface area contributed by atoms with Gasteiger partial charge >= 0.3 is 5.97 Å². The number of hydrogen-bond acceptors (Lipinski definition) is 3. The van der Waals surface area contributed by atoms with Crippen LogP contribution in [0, 0.1) is 0 Å². The second-order valence-electron chi connectivity index (χ2n) is 3.63. The van der Waals surface area contributed by atoms with Crippen LogP contribution in [0.5, 0.6) is 0 Å². The number of nitrogens with two attached hydrogens (primary N) is 1. The maximum absolute atomic E-state index is 10.7. The van der Waals surface area contributed by atoms with Gasteiger partial charge in [-0.1, -0.05) is 11.6 Å². The summed E-state index contributed by atoms with van der Waals surface area (Å²) in [6.45, 7) is 0.799. The van der Waals surface area contributed by atoms with Crippen molar-refractivity contribution in [1.82, 2.24) is 9.55 Å². The van der Waals surface area contributed by atoms with E-state index < -0.39 is 12.0 Å². The van der Waals surface area contributed by atoms with Crippen molar-refractivity contribution in [1.29, 1.82) is 0 Å². The van der Waals surface area contributed by atoms with Crippen molar-refractivity contribution >= 4 is 17.6 Å². The summed E-state index contributed by atoms with van der Waals surface area (Å²) < 4.78 is 1.85. The number of fused-ring (bicyclic) bond motifs is 1. The Morgan fingerprint density at radius 3 is 2.93 bits per heavy atom. The third-order valence-corrected chi connectivity index (χ3v) is 3.00. The summed E-state index contributed by atoms with van der Waals surface area (Å²) in [5.41, 5.74) is 5.77. The van der Waals surface area contributed by atoms with Gasteiger partial charge in [-0.05, 0) is 12.8 Å². The molecule has 0 aliphatic carbocycles. The Kier molecular flexibility index (Phi) is 2.67. The third-order valence-electron chi connectivity index (χ3n) is 2.60. The average molecular weight is 230 g/mol. The number of hydrogen-bond donors (Lipinski definition) is 2. The van der Waals surface area contributed by atoms with E-state index in [1.807, 2.05) is 4.57 Å². The number of nitrogens with zero attached hydrogens (tertiary/aromatic N) is 2. The molecule has 0 amide bonds. The largest absolute Gasteiger partial charge is 0.480 e. The fourth-order valence-corrected chi connectivity index (χ4v) is 2.12. The van der Waals surface area contributed by atoms with Crippen LogP contribution in [0.4, 0.5) is 0 Å². The number of halogens is 1. The number of imidazole rings is 1. The molecule has 15 heavy (non-hydrogen) atoms. The van der Waals surface area contributed by atoms with Crippen molar-refractivity contribution in [3.8, 4) is 0 Å². The molecule has 0 saturated heterocycles. The highest BCUT2D eigenvalue weighted by molar-refractivity contribution is 6.30. The van der Waals surface area contributed by atoms with E-state index in [-0.39, 0.29) is 5.69 Å². The predicted molar refractivity (Wildman–Crippen MR) is 54.7 cm³/mol. The van der Waals surface area contributed by atoms with Crippen molar-refractivity contribution in [2.75, 3.05) is 0 Å². The summed E-state index contributed by atoms with van der Waals surface area (Å²) >= 11 is 6.04. The Hall–Kier alpha value is -1.07. The lowest BCUT2D eigenvalue weighted by atomic mass is 10.2. The second-order valence-corrected chi connectivity index (χ2v) is 3.99. The summed E-state index contributed by atoms with van der Waals surface area (Å²) in [4.78, 5) is 14.9. The number of aromatic nitrogens is 2. The SMILES string of the molecule is NC(C(=O)O)c1nc2n(c1Cl)CCCC2. The molecule has 1 aliphatic heterocycles. The molecule has 82 valence electrons. The Morgan fingerprint density at radius 2 is 2.33 bits per heavy atom. The average Bonchev–Trinajstić information content (AvgIpc) is 2.56. The van der Waals surface area contributed by atoms with Crippen LogP contribution < -0.4 is 5.73 Å². The summed E-state index contributed by atoms with van der Waals surface area (Å²) in [7, 11) is 0. The van der Waals surface area contributed by atoms with E-state index in [9.17, 15) is 4.79 Å². The minimum absolute atomic E-state index is 0.279. The van der Waals surface area contributed by atoms with Gasteiger partial charge in [-0.3, -0.25) is 4.79 Å². The van der Waals surface area contributed by atoms with Crippen LogP contribution in [0.3, 0.4) is 0 Å². The quantitative estimate of drug-likeness (QED) is 0.792. The fourth-order valence-electron chi connectivity index (χ4n) is 1.78. The maximum atomic E-state index is 10.7. The molecule has 5 nitrogen and oxygen atoms in total. The second kappa shape index (κ2) is 3.83. The summed E-state index contributed by atoms with van der Waals surface area (Å²) in [5.74, 6) is -0.259. The zero-order chi connectivity index (χ0) is 11.0. The zero-order valence-corrected chi connectivity index (χ0v) is 8.87. The van der Waals surface area contributed by atoms with Gasteiger partial charge in [0.2, 0.25) is 0 Å². The standard InChI is InChI=1S/C9H12ClN3O2/c10-8-7(6(11)9(14)15)12-5-3-1-2-4-13(5)8/h6H,1-4,11H2,(H,14,15). The lowest BCUT2D eigenvalue weighted by Gasteiger charge is -2.13. The summed E-state index contributed by atoms with van der Waals surface area (Å²) in [5, 5.41) is 9.16. The molecule has 6 heteroatoms. The minimum atomic E-state index is -1.13. The molecule has 1 unspecified atom stereocenters. The smallest absolute Gasteiger partial charge is 0.326 e. The van der Waals surface area contributed by atoms with E-state index in [2.05, 4.69) is 4.98 Å². The van der Waals surface area contributed by atoms with Gasteiger partial charge in [-0.15, -0.1) is 0 Å². The normalized spacial score (nSPS) is 17.2. The Balaban J connectivity index is 2.41. The molecule has 2 rings (SSSR count). The van der Waals surface area contributed by atoms with E-state index in [1.54, 1.807) is 0 Å². The molecular weight excluding hydrogens is 218 g/mol. The molecule has 1 aromatic heterocycles. The molecule has 0 fully saturated rings. The first-order chi connectivity index (χ1) is 7.11. The van der Waals surface area contributed by atoms with Gasteiger partial charge in [0.05, 0.1) is 0 Å². The summed E-state index contributed by atoms with van der Waals surface area (Å²) in [6, 6.07) is -1.13. The molecule has 0 aromatic carbocycles. The van der Waals surface area contributed by atoms with Crippen molar-refractivity contribution in [3.05, 3.63) is 16.7 Å². The van der Waals surface area contributed by atoms with Gasteiger partial charge in [0, 0.05) is 13.0 Å². The van der Waals surface area contributed by atoms with E-state index in [0.717, 1.165) is 31.6 Å². The van der Waals surface area contributed by atoms with Gasteiger partial charge in [0.1, 0.15) is 22.7 Å². The van der Waals surface area contributed by atoms with Crippen LogP contribution in [-0.4, -0.2) is 20.6 Å². The van der Waals surface area contributed by atoms with Gasteiger partial charge in [-0.25, -0.2) is 4.98 Å². The molecule has 0 bridgehead atoms. The van der Waals surface area contributed by atoms with E-state index in [1.165, 1.54) is 0 Å². The van der Waals surface area contributed by atoms with Crippen LogP contribution in [0.1, 0.15) is 30.4 Å². The molecule has 0 saturated carbocycles. The lowest BCUT2D eigenvalue weighted by molar-refractivity contribution is -0.138. The number of carboxylic acid groups (broad SMARTS) is 1. The van der Waals surface area contributed by atoms with Gasteiger partial charge in [0.25, 0.3) is 0 Å². The molecular formula is C9H12ClN3O2. The number of carboxylic acids is 1. The maximum Gasteiger partial charge on any atom is 0.326 e. The highest BCUT2D eigenvalue weighted by Gasteiger charge is 2.25. The monoisotopic (exact) mass is 229 g/mol. The van der Waals surface area contributed by atoms with Gasteiger partial charge < -0.3 is 15.4 Å². The zero-order valence-electron chi connectivity index (χ0n) is 8.11. The number of rotatable bonds is 2. The van der Waals surface area contributed by atoms with E-state index in [4.69, 9.17) is 22.4 Å².